The third-order valence-electron chi connectivity index (χ3n) is 2.06. The summed E-state index contributed by atoms with van der Waals surface area (Å²) in [5, 5.41) is 4.22. The van der Waals surface area contributed by atoms with E-state index in [1.165, 1.54) is 4.68 Å². The maximum absolute atomic E-state index is 11.3. The normalized spacial score (nSPS) is 14.3. The predicted octanol–water partition coefficient (Wildman–Crippen LogP) is 2.37. The van der Waals surface area contributed by atoms with Crippen molar-refractivity contribution in [2.24, 2.45) is 0 Å². The van der Waals surface area contributed by atoms with Crippen LogP contribution >= 0.6 is 7.60 Å². The standard InChI is InChI=1S/C11H13N2O3P/c1-9-8-11(16-17(2,14)15)13(12-9)10-6-4-3-5-7-10/h3-8H,1-2H3,(H,14,15). The van der Waals surface area contributed by atoms with E-state index in [0.717, 1.165) is 18.0 Å². The lowest BCUT2D eigenvalue weighted by molar-refractivity contribution is 0.376. The lowest BCUT2D eigenvalue weighted by atomic mass is 10.3. The molecule has 0 aliphatic heterocycles. The Hall–Kier alpha value is -1.58. The van der Waals surface area contributed by atoms with Gasteiger partial charge in [0.15, 0.2) is 0 Å². The maximum Gasteiger partial charge on any atom is 0.374 e. The summed E-state index contributed by atoms with van der Waals surface area (Å²) in [4.78, 5) is 9.24. The van der Waals surface area contributed by atoms with E-state index in [1.54, 1.807) is 13.0 Å². The Kier molecular flexibility index (Phi) is 3.05. The van der Waals surface area contributed by atoms with Gasteiger partial charge in [0.1, 0.15) is 0 Å². The highest BCUT2D eigenvalue weighted by molar-refractivity contribution is 7.52. The van der Waals surface area contributed by atoms with Crippen molar-refractivity contribution in [3.63, 3.8) is 0 Å². The van der Waals surface area contributed by atoms with Crippen LogP contribution < -0.4 is 4.52 Å². The van der Waals surface area contributed by atoms with Gasteiger partial charge in [0.2, 0.25) is 5.88 Å². The van der Waals surface area contributed by atoms with Crippen molar-refractivity contribution in [3.8, 4) is 11.6 Å². The lowest BCUT2D eigenvalue weighted by Gasteiger charge is -2.10. The number of nitrogens with zero attached hydrogens (tertiary/aromatic N) is 2. The smallest absolute Gasteiger partial charge is 0.374 e. The Balaban J connectivity index is 2.45. The summed E-state index contributed by atoms with van der Waals surface area (Å²) < 4.78 is 17.8. The molecule has 0 amide bonds. The lowest BCUT2D eigenvalue weighted by Crippen LogP contribution is -2.00. The summed E-state index contributed by atoms with van der Waals surface area (Å²) in [6.07, 6.45) is 0. The molecule has 90 valence electrons. The highest BCUT2D eigenvalue weighted by Gasteiger charge is 2.17. The zero-order valence-corrected chi connectivity index (χ0v) is 10.5. The fourth-order valence-electron chi connectivity index (χ4n) is 1.47. The third-order valence-corrected chi connectivity index (χ3v) is 2.59. The van der Waals surface area contributed by atoms with Gasteiger partial charge in [0.25, 0.3) is 0 Å². The number of para-hydroxylation sites is 1. The summed E-state index contributed by atoms with van der Waals surface area (Å²) in [7, 11) is -3.58. The summed E-state index contributed by atoms with van der Waals surface area (Å²) in [5.74, 6) is 0.266. The molecular weight excluding hydrogens is 239 g/mol. The van der Waals surface area contributed by atoms with Gasteiger partial charge in [0, 0.05) is 12.7 Å². The fourth-order valence-corrected chi connectivity index (χ4v) is 1.95. The van der Waals surface area contributed by atoms with Gasteiger partial charge < -0.3 is 9.42 Å². The maximum atomic E-state index is 11.3. The first-order valence-electron chi connectivity index (χ1n) is 5.08. The molecule has 1 aromatic carbocycles. The second-order valence-electron chi connectivity index (χ2n) is 3.77. The van der Waals surface area contributed by atoms with Crippen molar-refractivity contribution in [2.75, 3.05) is 6.66 Å². The minimum atomic E-state index is -3.58. The molecule has 1 aromatic heterocycles. The first-order chi connectivity index (χ1) is 7.96. The van der Waals surface area contributed by atoms with E-state index in [0.29, 0.717) is 0 Å². The van der Waals surface area contributed by atoms with Gasteiger partial charge in [-0.15, -0.1) is 0 Å². The van der Waals surface area contributed by atoms with Crippen LogP contribution in [0.3, 0.4) is 0 Å². The molecule has 2 rings (SSSR count). The number of rotatable bonds is 3. The topological polar surface area (TPSA) is 64.3 Å². The van der Waals surface area contributed by atoms with Crippen LogP contribution in [0.25, 0.3) is 5.69 Å². The minimum absolute atomic E-state index is 0.266. The predicted molar refractivity (Wildman–Crippen MR) is 64.7 cm³/mol. The molecule has 0 spiro atoms. The number of hydrogen-bond acceptors (Lipinski definition) is 3. The number of aryl methyl sites for hydroxylation is 1. The molecule has 2 aromatic rings. The first kappa shape index (κ1) is 11.9. The molecule has 0 bridgehead atoms. The summed E-state index contributed by atoms with van der Waals surface area (Å²) in [6, 6.07) is 10.9. The zero-order chi connectivity index (χ0) is 12.5. The van der Waals surface area contributed by atoms with Crippen molar-refractivity contribution in [1.82, 2.24) is 9.78 Å². The molecule has 0 saturated carbocycles. The van der Waals surface area contributed by atoms with Gasteiger partial charge in [0.05, 0.1) is 11.4 Å². The van der Waals surface area contributed by atoms with Gasteiger partial charge in [-0.25, -0.2) is 9.25 Å². The Morgan fingerprint density at radius 1 is 1.35 bits per heavy atom. The largest absolute Gasteiger partial charge is 0.406 e. The molecular formula is C11H13N2O3P. The van der Waals surface area contributed by atoms with E-state index in [9.17, 15) is 9.46 Å². The summed E-state index contributed by atoms with van der Waals surface area (Å²) in [6.45, 7) is 2.94. The van der Waals surface area contributed by atoms with Crippen LogP contribution in [0.15, 0.2) is 36.4 Å². The summed E-state index contributed by atoms with van der Waals surface area (Å²) >= 11 is 0. The van der Waals surface area contributed by atoms with Crippen LogP contribution in [0, 0.1) is 6.92 Å². The molecule has 0 aliphatic carbocycles. The van der Waals surface area contributed by atoms with Crippen molar-refractivity contribution >= 4 is 7.60 Å². The average molecular weight is 252 g/mol. The van der Waals surface area contributed by atoms with Crippen molar-refractivity contribution in [3.05, 3.63) is 42.1 Å². The van der Waals surface area contributed by atoms with E-state index in [2.05, 4.69) is 5.10 Å². The van der Waals surface area contributed by atoms with E-state index < -0.39 is 7.60 Å². The minimum Gasteiger partial charge on any atom is -0.406 e. The van der Waals surface area contributed by atoms with E-state index in [1.807, 2.05) is 30.3 Å². The van der Waals surface area contributed by atoms with Gasteiger partial charge in [-0.3, -0.25) is 0 Å². The quantitative estimate of drug-likeness (QED) is 0.852. The number of aromatic nitrogens is 2. The van der Waals surface area contributed by atoms with Gasteiger partial charge in [-0.1, -0.05) is 18.2 Å². The van der Waals surface area contributed by atoms with Crippen LogP contribution in [-0.2, 0) is 4.57 Å². The third kappa shape index (κ3) is 2.96. The molecule has 1 atom stereocenters. The van der Waals surface area contributed by atoms with Gasteiger partial charge in [-0.05, 0) is 19.1 Å². The second kappa shape index (κ2) is 4.35. The SMILES string of the molecule is Cc1cc(OP(C)(=O)O)n(-c2ccccc2)n1. The summed E-state index contributed by atoms with van der Waals surface area (Å²) in [5.41, 5.74) is 1.50. The molecule has 5 nitrogen and oxygen atoms in total. The van der Waals surface area contributed by atoms with Crippen LogP contribution in [0.2, 0.25) is 0 Å². The van der Waals surface area contributed by atoms with E-state index >= 15 is 0 Å². The Morgan fingerprint density at radius 2 is 2.00 bits per heavy atom. The Labute approximate surface area is 99.2 Å². The molecule has 6 heteroatoms. The van der Waals surface area contributed by atoms with Gasteiger partial charge in [-0.2, -0.15) is 5.10 Å². The van der Waals surface area contributed by atoms with Crippen LogP contribution in [-0.4, -0.2) is 21.3 Å². The molecule has 1 N–H and O–H groups in total. The molecule has 1 heterocycles. The van der Waals surface area contributed by atoms with Crippen molar-refractivity contribution < 1.29 is 14.0 Å². The molecule has 0 saturated heterocycles. The molecule has 0 aliphatic rings. The highest BCUT2D eigenvalue weighted by Crippen LogP contribution is 2.38. The number of benzene rings is 1. The molecule has 0 radical (unpaired) electrons. The molecule has 0 fully saturated rings. The van der Waals surface area contributed by atoms with Crippen LogP contribution in [0.4, 0.5) is 0 Å². The molecule has 1 unspecified atom stereocenters. The van der Waals surface area contributed by atoms with Crippen LogP contribution in [0.5, 0.6) is 5.88 Å². The Morgan fingerprint density at radius 3 is 2.59 bits per heavy atom. The van der Waals surface area contributed by atoms with E-state index in [4.69, 9.17) is 4.52 Å². The monoisotopic (exact) mass is 252 g/mol. The average Bonchev–Trinajstić information content (AvgIpc) is 2.58. The van der Waals surface area contributed by atoms with Crippen molar-refractivity contribution in [1.29, 1.82) is 0 Å². The first-order valence-corrected chi connectivity index (χ1v) is 7.10. The van der Waals surface area contributed by atoms with Gasteiger partial charge >= 0.3 is 7.60 Å². The molecule has 17 heavy (non-hydrogen) atoms. The zero-order valence-electron chi connectivity index (χ0n) is 9.57. The van der Waals surface area contributed by atoms with Crippen molar-refractivity contribution in [2.45, 2.75) is 6.92 Å². The van der Waals surface area contributed by atoms with E-state index in [-0.39, 0.29) is 5.88 Å². The second-order valence-corrected chi connectivity index (χ2v) is 5.55. The van der Waals surface area contributed by atoms with Crippen LogP contribution in [0.1, 0.15) is 5.69 Å². The fraction of sp³-hybridized carbons (Fsp3) is 0.182. The highest BCUT2D eigenvalue weighted by atomic mass is 31.2. The number of hydrogen-bond donors (Lipinski definition) is 1. The Bertz CT molecular complexity index is 559.